The molecule has 2 amide bonds. The summed E-state index contributed by atoms with van der Waals surface area (Å²) in [5.41, 5.74) is 1.25. The average molecular weight is 316 g/mol. The number of unbranched alkanes of at least 4 members (excludes halogenated alkanes) is 2. The van der Waals surface area contributed by atoms with Crippen LogP contribution in [-0.2, 0) is 4.79 Å². The number of hydrogen-bond acceptors (Lipinski definition) is 2. The first-order valence-electron chi connectivity index (χ1n) is 8.90. The molecule has 0 spiro atoms. The molecule has 1 heterocycles. The highest BCUT2D eigenvalue weighted by atomic mass is 16.2. The van der Waals surface area contributed by atoms with E-state index in [0.29, 0.717) is 17.7 Å². The van der Waals surface area contributed by atoms with E-state index in [1.54, 1.807) is 0 Å². The Morgan fingerprint density at radius 2 is 1.74 bits per heavy atom. The van der Waals surface area contributed by atoms with Crippen molar-refractivity contribution in [2.75, 3.05) is 18.4 Å². The summed E-state index contributed by atoms with van der Waals surface area (Å²) >= 11 is 0. The Morgan fingerprint density at radius 1 is 1.04 bits per heavy atom. The van der Waals surface area contributed by atoms with Crippen LogP contribution in [0.5, 0.6) is 0 Å². The number of likely N-dealkylation sites (tertiary alicyclic amines) is 1. The van der Waals surface area contributed by atoms with Crippen molar-refractivity contribution >= 4 is 17.5 Å². The number of para-hydroxylation sites is 1. The minimum atomic E-state index is -0.00503. The summed E-state index contributed by atoms with van der Waals surface area (Å²) in [6.45, 7) is 3.75. The van der Waals surface area contributed by atoms with Crippen LogP contribution in [0.4, 0.5) is 5.69 Å². The second kappa shape index (κ2) is 9.33. The van der Waals surface area contributed by atoms with Crippen LogP contribution in [0.1, 0.15) is 68.6 Å². The molecular weight excluding hydrogens is 288 g/mol. The largest absolute Gasteiger partial charge is 0.339 e. The van der Waals surface area contributed by atoms with E-state index < -0.39 is 0 Å². The lowest BCUT2D eigenvalue weighted by atomic mass is 10.1. The minimum absolute atomic E-state index is 0.00503. The molecule has 1 saturated heterocycles. The van der Waals surface area contributed by atoms with Crippen molar-refractivity contribution in [3.8, 4) is 0 Å². The minimum Gasteiger partial charge on any atom is -0.339 e. The second-order valence-corrected chi connectivity index (χ2v) is 6.26. The molecule has 1 aliphatic heterocycles. The van der Waals surface area contributed by atoms with Crippen LogP contribution in [-0.4, -0.2) is 29.8 Å². The predicted molar refractivity (Wildman–Crippen MR) is 93.6 cm³/mol. The van der Waals surface area contributed by atoms with Crippen LogP contribution in [0.25, 0.3) is 0 Å². The molecule has 0 radical (unpaired) electrons. The fraction of sp³-hybridized carbons (Fsp3) is 0.579. The number of rotatable bonds is 6. The molecule has 1 N–H and O–H groups in total. The highest BCUT2D eigenvalue weighted by molar-refractivity contribution is 6.03. The summed E-state index contributed by atoms with van der Waals surface area (Å²) in [6, 6.07) is 7.36. The zero-order valence-corrected chi connectivity index (χ0v) is 14.1. The molecule has 4 heteroatoms. The Labute approximate surface area is 139 Å². The van der Waals surface area contributed by atoms with Gasteiger partial charge in [0.15, 0.2) is 0 Å². The van der Waals surface area contributed by atoms with Gasteiger partial charge in [0.1, 0.15) is 0 Å². The number of carbonyl (C=O) groups excluding carboxylic acids is 2. The van der Waals surface area contributed by atoms with E-state index in [1.807, 2.05) is 29.2 Å². The molecule has 0 aromatic heterocycles. The van der Waals surface area contributed by atoms with E-state index in [1.165, 1.54) is 12.8 Å². The van der Waals surface area contributed by atoms with Crippen LogP contribution in [0.15, 0.2) is 24.3 Å². The number of nitrogens with one attached hydrogen (secondary N) is 1. The van der Waals surface area contributed by atoms with Gasteiger partial charge in [0.25, 0.3) is 5.91 Å². The van der Waals surface area contributed by atoms with Gasteiger partial charge in [-0.1, -0.05) is 44.7 Å². The van der Waals surface area contributed by atoms with Crippen molar-refractivity contribution in [2.24, 2.45) is 0 Å². The normalized spacial score (nSPS) is 15.1. The summed E-state index contributed by atoms with van der Waals surface area (Å²) < 4.78 is 0. The first kappa shape index (κ1) is 17.5. The Bertz CT molecular complexity index is 520. The number of anilines is 1. The molecule has 4 nitrogen and oxygen atoms in total. The molecular formula is C19H28N2O2. The Morgan fingerprint density at radius 3 is 2.43 bits per heavy atom. The first-order chi connectivity index (χ1) is 11.2. The molecule has 2 rings (SSSR count). The summed E-state index contributed by atoms with van der Waals surface area (Å²) in [6.07, 6.45) is 8.08. The first-order valence-corrected chi connectivity index (χ1v) is 8.90. The topological polar surface area (TPSA) is 49.4 Å². The van der Waals surface area contributed by atoms with Crippen LogP contribution in [0.3, 0.4) is 0 Å². The van der Waals surface area contributed by atoms with Crippen molar-refractivity contribution in [2.45, 2.75) is 58.3 Å². The van der Waals surface area contributed by atoms with Gasteiger partial charge in [0.2, 0.25) is 5.91 Å². The van der Waals surface area contributed by atoms with Gasteiger partial charge in [0, 0.05) is 19.5 Å². The van der Waals surface area contributed by atoms with Gasteiger partial charge >= 0.3 is 0 Å². The van der Waals surface area contributed by atoms with Gasteiger partial charge in [-0.25, -0.2) is 0 Å². The molecule has 0 aliphatic carbocycles. The van der Waals surface area contributed by atoms with Crippen molar-refractivity contribution in [1.82, 2.24) is 4.90 Å². The molecule has 0 atom stereocenters. The Kier molecular flexibility index (Phi) is 7.11. The summed E-state index contributed by atoms with van der Waals surface area (Å²) in [7, 11) is 0. The smallest absolute Gasteiger partial charge is 0.255 e. The fourth-order valence-corrected chi connectivity index (χ4v) is 2.97. The van der Waals surface area contributed by atoms with Gasteiger partial charge in [-0.15, -0.1) is 0 Å². The molecule has 1 aromatic carbocycles. The van der Waals surface area contributed by atoms with E-state index in [4.69, 9.17) is 0 Å². The van der Waals surface area contributed by atoms with Crippen LogP contribution in [0.2, 0.25) is 0 Å². The number of benzene rings is 1. The van der Waals surface area contributed by atoms with Crippen LogP contribution in [0, 0.1) is 0 Å². The lowest BCUT2D eigenvalue weighted by Crippen LogP contribution is -2.32. The van der Waals surface area contributed by atoms with Crippen molar-refractivity contribution in [3.05, 3.63) is 29.8 Å². The number of nitrogens with zero attached hydrogens (tertiary/aromatic N) is 1. The van der Waals surface area contributed by atoms with Gasteiger partial charge in [-0.3, -0.25) is 9.59 Å². The lowest BCUT2D eigenvalue weighted by Gasteiger charge is -2.22. The molecule has 0 bridgehead atoms. The highest BCUT2D eigenvalue weighted by Crippen LogP contribution is 2.20. The quantitative estimate of drug-likeness (QED) is 0.799. The monoisotopic (exact) mass is 316 g/mol. The van der Waals surface area contributed by atoms with Gasteiger partial charge < -0.3 is 10.2 Å². The van der Waals surface area contributed by atoms with Crippen molar-refractivity contribution < 1.29 is 9.59 Å². The average Bonchev–Trinajstić information content (AvgIpc) is 2.84. The molecule has 0 unspecified atom stereocenters. The summed E-state index contributed by atoms with van der Waals surface area (Å²) in [5, 5.41) is 2.92. The van der Waals surface area contributed by atoms with Crippen LogP contribution < -0.4 is 5.32 Å². The van der Waals surface area contributed by atoms with E-state index in [0.717, 1.165) is 45.2 Å². The Hall–Kier alpha value is -1.84. The number of hydrogen-bond donors (Lipinski definition) is 1. The third kappa shape index (κ3) is 5.38. The molecule has 126 valence electrons. The zero-order valence-electron chi connectivity index (χ0n) is 14.1. The maximum absolute atomic E-state index is 12.8. The van der Waals surface area contributed by atoms with E-state index in [9.17, 15) is 9.59 Å². The standard InChI is InChI=1S/C19H28N2O2/c1-2-3-6-13-18(22)20-17-12-8-7-11-16(17)19(23)21-14-9-4-5-10-15-21/h7-8,11-12H,2-6,9-10,13-15H2,1H3,(H,20,22). The van der Waals surface area contributed by atoms with Gasteiger partial charge in [-0.05, 0) is 31.4 Å². The molecule has 1 aliphatic rings. The third-order valence-corrected chi connectivity index (χ3v) is 4.33. The van der Waals surface area contributed by atoms with Gasteiger partial charge in [-0.2, -0.15) is 0 Å². The maximum Gasteiger partial charge on any atom is 0.255 e. The van der Waals surface area contributed by atoms with E-state index >= 15 is 0 Å². The lowest BCUT2D eigenvalue weighted by molar-refractivity contribution is -0.116. The van der Waals surface area contributed by atoms with Crippen molar-refractivity contribution in [1.29, 1.82) is 0 Å². The summed E-state index contributed by atoms with van der Waals surface area (Å²) in [5.74, 6) is 0.0333. The SMILES string of the molecule is CCCCCC(=O)Nc1ccccc1C(=O)N1CCCCCC1. The fourth-order valence-electron chi connectivity index (χ4n) is 2.97. The van der Waals surface area contributed by atoms with Crippen LogP contribution >= 0.6 is 0 Å². The number of carbonyl (C=O) groups is 2. The Balaban J connectivity index is 2.04. The molecule has 1 fully saturated rings. The van der Waals surface area contributed by atoms with E-state index in [2.05, 4.69) is 12.2 Å². The zero-order chi connectivity index (χ0) is 16.5. The predicted octanol–water partition coefficient (Wildman–Crippen LogP) is 4.22. The molecule has 23 heavy (non-hydrogen) atoms. The molecule has 1 aromatic rings. The molecule has 0 saturated carbocycles. The summed E-state index contributed by atoms with van der Waals surface area (Å²) in [4.78, 5) is 26.8. The maximum atomic E-state index is 12.8. The third-order valence-electron chi connectivity index (χ3n) is 4.33. The highest BCUT2D eigenvalue weighted by Gasteiger charge is 2.20. The van der Waals surface area contributed by atoms with Crippen molar-refractivity contribution in [3.63, 3.8) is 0 Å². The second-order valence-electron chi connectivity index (χ2n) is 6.26. The van der Waals surface area contributed by atoms with Gasteiger partial charge in [0.05, 0.1) is 11.3 Å². The number of amides is 2. The van der Waals surface area contributed by atoms with E-state index in [-0.39, 0.29) is 11.8 Å².